The predicted molar refractivity (Wildman–Crippen MR) is 57.5 cm³/mol. The third kappa shape index (κ3) is 2.42. The van der Waals surface area contributed by atoms with Crippen molar-refractivity contribution in [1.29, 1.82) is 0 Å². The fourth-order valence-electron chi connectivity index (χ4n) is 1.54. The van der Waals surface area contributed by atoms with Crippen LogP contribution in [0, 0.1) is 5.82 Å². The third-order valence-corrected chi connectivity index (χ3v) is 2.31. The summed E-state index contributed by atoms with van der Waals surface area (Å²) in [4.78, 5) is 0. The molecule has 0 amide bonds. The highest BCUT2D eigenvalue weighted by Gasteiger charge is 2.09. The lowest BCUT2D eigenvalue weighted by Crippen LogP contribution is -2.11. The Hall–Kier alpha value is -1.15. The highest BCUT2D eigenvalue weighted by Crippen LogP contribution is 2.20. The van der Waals surface area contributed by atoms with Crippen LogP contribution in [0.2, 0.25) is 0 Å². The summed E-state index contributed by atoms with van der Waals surface area (Å²) in [6.07, 6.45) is 3.31. The van der Waals surface area contributed by atoms with Gasteiger partial charge in [0.05, 0.1) is 0 Å². The second-order valence-corrected chi connectivity index (χ2v) is 3.33. The van der Waals surface area contributed by atoms with Crippen LogP contribution >= 0.6 is 0 Å². The van der Waals surface area contributed by atoms with Crippen LogP contribution < -0.4 is 5.73 Å². The molecule has 1 aromatic carbocycles. The van der Waals surface area contributed by atoms with Crippen molar-refractivity contribution in [2.75, 3.05) is 0 Å². The van der Waals surface area contributed by atoms with E-state index in [-0.39, 0.29) is 11.9 Å². The van der Waals surface area contributed by atoms with E-state index in [0.717, 1.165) is 17.5 Å². The van der Waals surface area contributed by atoms with Crippen LogP contribution in [-0.2, 0) is 6.42 Å². The number of nitrogens with two attached hydrogens (primary N) is 1. The first-order chi connectivity index (χ1) is 6.69. The average Bonchev–Trinajstić information content (AvgIpc) is 2.18. The van der Waals surface area contributed by atoms with Crippen molar-refractivity contribution in [3.63, 3.8) is 0 Å². The number of benzene rings is 1. The number of halogens is 1. The molecule has 14 heavy (non-hydrogen) atoms. The zero-order chi connectivity index (χ0) is 10.6. The van der Waals surface area contributed by atoms with Gasteiger partial charge in [0.15, 0.2) is 0 Å². The van der Waals surface area contributed by atoms with E-state index in [1.54, 1.807) is 12.1 Å². The van der Waals surface area contributed by atoms with Crippen molar-refractivity contribution in [3.05, 3.63) is 47.8 Å². The average molecular weight is 193 g/mol. The molecule has 1 atom stereocenters. The van der Waals surface area contributed by atoms with Gasteiger partial charge in [0.1, 0.15) is 5.82 Å². The molecule has 1 aromatic rings. The Morgan fingerprint density at radius 3 is 2.86 bits per heavy atom. The minimum Gasteiger partial charge on any atom is -0.324 e. The fourth-order valence-corrected chi connectivity index (χ4v) is 1.54. The largest absolute Gasteiger partial charge is 0.324 e. The summed E-state index contributed by atoms with van der Waals surface area (Å²) in [6, 6.07) is 4.65. The molecule has 2 heteroatoms. The van der Waals surface area contributed by atoms with Gasteiger partial charge in [-0.25, -0.2) is 4.39 Å². The van der Waals surface area contributed by atoms with Crippen molar-refractivity contribution < 1.29 is 4.39 Å². The Bertz CT molecular complexity index is 320. The monoisotopic (exact) mass is 193 g/mol. The fraction of sp³-hybridized carbons (Fsp3) is 0.333. The SMILES string of the molecule is C=CCC(N)c1cc(F)ccc1CC. The molecule has 0 radical (unpaired) electrons. The molecule has 1 nitrogen and oxygen atoms in total. The van der Waals surface area contributed by atoms with E-state index in [1.165, 1.54) is 12.1 Å². The molecule has 1 unspecified atom stereocenters. The van der Waals surface area contributed by atoms with E-state index >= 15 is 0 Å². The van der Waals surface area contributed by atoms with E-state index in [1.807, 2.05) is 6.92 Å². The molecule has 0 saturated carbocycles. The Kier molecular flexibility index (Phi) is 3.84. The molecule has 1 rings (SSSR count). The maximum absolute atomic E-state index is 13.0. The quantitative estimate of drug-likeness (QED) is 0.731. The second-order valence-electron chi connectivity index (χ2n) is 3.33. The Labute approximate surface area is 84.4 Å². The molecule has 0 aliphatic rings. The molecular weight excluding hydrogens is 177 g/mol. The summed E-state index contributed by atoms with van der Waals surface area (Å²) >= 11 is 0. The van der Waals surface area contributed by atoms with Crippen LogP contribution in [0.15, 0.2) is 30.9 Å². The van der Waals surface area contributed by atoms with Gasteiger partial charge in [0.2, 0.25) is 0 Å². The lowest BCUT2D eigenvalue weighted by molar-refractivity contribution is 0.617. The van der Waals surface area contributed by atoms with Gasteiger partial charge >= 0.3 is 0 Å². The molecule has 0 aliphatic carbocycles. The lowest BCUT2D eigenvalue weighted by Gasteiger charge is -2.14. The summed E-state index contributed by atoms with van der Waals surface area (Å²) in [5.41, 5.74) is 7.92. The van der Waals surface area contributed by atoms with Crippen LogP contribution in [0.5, 0.6) is 0 Å². The number of hydrogen-bond donors (Lipinski definition) is 1. The molecule has 0 aromatic heterocycles. The zero-order valence-electron chi connectivity index (χ0n) is 8.46. The van der Waals surface area contributed by atoms with Crippen molar-refractivity contribution in [2.45, 2.75) is 25.8 Å². The Morgan fingerprint density at radius 1 is 1.57 bits per heavy atom. The molecule has 0 spiro atoms. The molecule has 0 heterocycles. The van der Waals surface area contributed by atoms with Crippen molar-refractivity contribution in [3.8, 4) is 0 Å². The zero-order valence-corrected chi connectivity index (χ0v) is 8.46. The Balaban J connectivity index is 3.02. The van der Waals surface area contributed by atoms with Gasteiger partial charge in [-0.1, -0.05) is 19.1 Å². The van der Waals surface area contributed by atoms with Gasteiger partial charge in [-0.05, 0) is 36.1 Å². The van der Waals surface area contributed by atoms with Crippen LogP contribution in [0.3, 0.4) is 0 Å². The topological polar surface area (TPSA) is 26.0 Å². The predicted octanol–water partition coefficient (Wildman–Crippen LogP) is 2.96. The molecule has 2 N–H and O–H groups in total. The van der Waals surface area contributed by atoms with Gasteiger partial charge in [0.25, 0.3) is 0 Å². The molecule has 0 fully saturated rings. The Morgan fingerprint density at radius 2 is 2.29 bits per heavy atom. The summed E-state index contributed by atoms with van der Waals surface area (Å²) < 4.78 is 13.0. The highest BCUT2D eigenvalue weighted by molar-refractivity contribution is 5.30. The first-order valence-corrected chi connectivity index (χ1v) is 4.83. The van der Waals surface area contributed by atoms with Crippen molar-refractivity contribution in [1.82, 2.24) is 0 Å². The maximum atomic E-state index is 13.0. The minimum atomic E-state index is -0.225. The van der Waals surface area contributed by atoms with Gasteiger partial charge in [0, 0.05) is 6.04 Å². The molecule has 0 saturated heterocycles. The third-order valence-electron chi connectivity index (χ3n) is 2.31. The van der Waals surface area contributed by atoms with Crippen LogP contribution in [0.4, 0.5) is 4.39 Å². The summed E-state index contributed by atoms with van der Waals surface area (Å²) in [5.74, 6) is -0.225. The number of hydrogen-bond acceptors (Lipinski definition) is 1. The van der Waals surface area contributed by atoms with Gasteiger partial charge < -0.3 is 5.73 Å². The number of aryl methyl sites for hydroxylation is 1. The smallest absolute Gasteiger partial charge is 0.123 e. The van der Waals surface area contributed by atoms with Crippen LogP contribution in [0.25, 0.3) is 0 Å². The first-order valence-electron chi connectivity index (χ1n) is 4.83. The summed E-state index contributed by atoms with van der Waals surface area (Å²) in [5, 5.41) is 0. The van der Waals surface area contributed by atoms with Gasteiger partial charge in [-0.15, -0.1) is 6.58 Å². The van der Waals surface area contributed by atoms with Gasteiger partial charge in [-0.3, -0.25) is 0 Å². The van der Waals surface area contributed by atoms with E-state index in [2.05, 4.69) is 6.58 Å². The molecule has 0 aliphatic heterocycles. The first kappa shape index (κ1) is 10.9. The molecule has 76 valence electrons. The number of rotatable bonds is 4. The van der Waals surface area contributed by atoms with Crippen molar-refractivity contribution in [2.24, 2.45) is 5.73 Å². The lowest BCUT2D eigenvalue weighted by atomic mass is 9.97. The van der Waals surface area contributed by atoms with E-state index in [9.17, 15) is 4.39 Å². The minimum absolute atomic E-state index is 0.141. The van der Waals surface area contributed by atoms with Crippen LogP contribution in [-0.4, -0.2) is 0 Å². The maximum Gasteiger partial charge on any atom is 0.123 e. The standard InChI is InChI=1S/C12H16FN/c1-3-5-12(14)11-8-10(13)7-6-9(11)4-2/h3,6-8,12H,1,4-5,14H2,2H3. The summed E-state index contributed by atoms with van der Waals surface area (Å²) in [7, 11) is 0. The second kappa shape index (κ2) is 4.91. The van der Waals surface area contributed by atoms with E-state index in [4.69, 9.17) is 5.73 Å². The molecule has 0 bridgehead atoms. The van der Waals surface area contributed by atoms with E-state index < -0.39 is 0 Å². The van der Waals surface area contributed by atoms with E-state index in [0.29, 0.717) is 6.42 Å². The normalized spacial score (nSPS) is 12.5. The summed E-state index contributed by atoms with van der Waals surface area (Å²) in [6.45, 7) is 5.67. The highest BCUT2D eigenvalue weighted by atomic mass is 19.1. The van der Waals surface area contributed by atoms with Crippen LogP contribution in [0.1, 0.15) is 30.5 Å². The van der Waals surface area contributed by atoms with Gasteiger partial charge in [-0.2, -0.15) is 0 Å². The molecular formula is C12H16FN. The van der Waals surface area contributed by atoms with Crippen molar-refractivity contribution >= 4 is 0 Å².